The van der Waals surface area contributed by atoms with Crippen LogP contribution >= 0.6 is 0 Å². The van der Waals surface area contributed by atoms with Gasteiger partial charge >= 0.3 is 0 Å². The molecule has 142 valence electrons. The number of anilines is 1. The predicted octanol–water partition coefficient (Wildman–Crippen LogP) is 4.40. The van der Waals surface area contributed by atoms with Crippen LogP contribution in [0, 0.1) is 12.7 Å². The van der Waals surface area contributed by atoms with E-state index < -0.39 is 0 Å². The maximum absolute atomic E-state index is 13.0. The molecule has 4 heteroatoms. The Labute approximate surface area is 160 Å². The van der Waals surface area contributed by atoms with Crippen LogP contribution in [0.25, 0.3) is 0 Å². The number of carbonyl (C=O) groups is 1. The minimum absolute atomic E-state index is 0.103. The number of nitrogens with zero attached hydrogens (tertiary/aromatic N) is 2. The van der Waals surface area contributed by atoms with Crippen molar-refractivity contribution in [2.75, 3.05) is 31.6 Å². The van der Waals surface area contributed by atoms with E-state index in [0.29, 0.717) is 23.9 Å². The topological polar surface area (TPSA) is 23.6 Å². The number of hydrogen-bond donors (Lipinski definition) is 0. The summed E-state index contributed by atoms with van der Waals surface area (Å²) in [7, 11) is 2.22. The van der Waals surface area contributed by atoms with Crippen LogP contribution in [-0.4, -0.2) is 43.4 Å². The van der Waals surface area contributed by atoms with Crippen LogP contribution in [0.4, 0.5) is 10.1 Å². The van der Waals surface area contributed by atoms with Gasteiger partial charge in [-0.3, -0.25) is 4.79 Å². The van der Waals surface area contributed by atoms with Gasteiger partial charge in [0.2, 0.25) is 0 Å². The molecule has 2 atom stereocenters. The van der Waals surface area contributed by atoms with E-state index in [4.69, 9.17) is 0 Å². The van der Waals surface area contributed by atoms with E-state index in [9.17, 15) is 9.18 Å². The lowest BCUT2D eigenvalue weighted by atomic mass is 9.88. The van der Waals surface area contributed by atoms with Gasteiger partial charge in [-0.1, -0.05) is 17.7 Å². The number of fused-ring (bicyclic) bond motifs is 3. The average Bonchev–Trinajstić information content (AvgIpc) is 2.94. The maximum atomic E-state index is 13.0. The molecule has 0 N–H and O–H groups in total. The van der Waals surface area contributed by atoms with Crippen molar-refractivity contribution in [2.24, 2.45) is 0 Å². The number of aryl methyl sites for hydroxylation is 1. The van der Waals surface area contributed by atoms with E-state index in [-0.39, 0.29) is 11.6 Å². The quantitative estimate of drug-likeness (QED) is 0.733. The molecule has 0 bridgehead atoms. The first-order valence-electron chi connectivity index (χ1n) is 9.87. The van der Waals surface area contributed by atoms with Gasteiger partial charge < -0.3 is 9.80 Å². The molecule has 0 unspecified atom stereocenters. The number of likely N-dealkylation sites (N-methyl/N-ethyl adjacent to an activating group) is 1. The molecule has 0 aromatic heterocycles. The first-order chi connectivity index (χ1) is 13.0. The number of hydrogen-bond acceptors (Lipinski definition) is 3. The van der Waals surface area contributed by atoms with E-state index in [2.05, 4.69) is 42.0 Å². The Morgan fingerprint density at radius 2 is 1.96 bits per heavy atom. The number of rotatable bonds is 5. The summed E-state index contributed by atoms with van der Waals surface area (Å²) < 4.78 is 13.0. The zero-order chi connectivity index (χ0) is 19.0. The van der Waals surface area contributed by atoms with Gasteiger partial charge in [0.1, 0.15) is 5.82 Å². The predicted molar refractivity (Wildman–Crippen MR) is 107 cm³/mol. The SMILES string of the molecule is Cc1ccc2c(c1)[C@H]1CN(CCCC(=O)c3ccc(F)cc3)CC[C@@H]1N2C. The van der Waals surface area contributed by atoms with Gasteiger partial charge in [-0.15, -0.1) is 0 Å². The van der Waals surface area contributed by atoms with Gasteiger partial charge in [0, 0.05) is 49.8 Å². The fourth-order valence-corrected chi connectivity index (χ4v) is 4.69. The standard InChI is InChI=1S/C23H27FN2O/c1-16-5-10-21-19(14-16)20-15-26(13-11-22(20)25(21)2)12-3-4-23(27)17-6-8-18(24)9-7-17/h5-10,14,20,22H,3-4,11-13,15H2,1-2H3/t20-,22+/m1/s1. The second kappa shape index (κ2) is 7.43. The highest BCUT2D eigenvalue weighted by atomic mass is 19.1. The Bertz CT molecular complexity index is 833. The highest BCUT2D eigenvalue weighted by Gasteiger charge is 2.39. The number of benzene rings is 2. The van der Waals surface area contributed by atoms with Crippen molar-refractivity contribution in [1.82, 2.24) is 4.90 Å². The molecule has 4 rings (SSSR count). The van der Waals surface area contributed by atoms with Crippen LogP contribution in [0.1, 0.15) is 46.7 Å². The maximum Gasteiger partial charge on any atom is 0.162 e. The van der Waals surface area contributed by atoms with E-state index >= 15 is 0 Å². The lowest BCUT2D eigenvalue weighted by Gasteiger charge is -2.37. The van der Waals surface area contributed by atoms with Gasteiger partial charge in [-0.2, -0.15) is 0 Å². The second-order valence-corrected chi connectivity index (χ2v) is 7.97. The molecule has 2 aromatic rings. The van der Waals surface area contributed by atoms with Crippen molar-refractivity contribution < 1.29 is 9.18 Å². The van der Waals surface area contributed by atoms with E-state index in [1.54, 1.807) is 12.1 Å². The van der Waals surface area contributed by atoms with Crippen molar-refractivity contribution in [1.29, 1.82) is 0 Å². The minimum Gasteiger partial charge on any atom is -0.371 e. The number of ketones is 1. The summed E-state index contributed by atoms with van der Waals surface area (Å²) in [5.41, 5.74) is 4.79. The highest BCUT2D eigenvalue weighted by molar-refractivity contribution is 5.95. The fourth-order valence-electron chi connectivity index (χ4n) is 4.69. The average molecular weight is 366 g/mol. The molecule has 2 aliphatic heterocycles. The molecule has 0 saturated carbocycles. The zero-order valence-corrected chi connectivity index (χ0v) is 16.1. The summed E-state index contributed by atoms with van der Waals surface area (Å²) in [6.45, 7) is 5.26. The molecule has 1 fully saturated rings. The van der Waals surface area contributed by atoms with Gasteiger partial charge in [-0.05, 0) is 62.2 Å². The highest BCUT2D eigenvalue weighted by Crippen LogP contribution is 2.44. The molecule has 0 radical (unpaired) electrons. The second-order valence-electron chi connectivity index (χ2n) is 7.97. The number of piperidine rings is 1. The first kappa shape index (κ1) is 18.2. The van der Waals surface area contributed by atoms with Crippen molar-refractivity contribution in [3.05, 3.63) is 65.0 Å². The van der Waals surface area contributed by atoms with Gasteiger partial charge in [0.05, 0.1) is 0 Å². The van der Waals surface area contributed by atoms with Crippen LogP contribution in [0.5, 0.6) is 0 Å². The third-order valence-corrected chi connectivity index (χ3v) is 6.16. The fraction of sp³-hybridized carbons (Fsp3) is 0.435. The smallest absolute Gasteiger partial charge is 0.162 e. The number of carbonyl (C=O) groups excluding carboxylic acids is 1. The largest absolute Gasteiger partial charge is 0.371 e. The lowest BCUT2D eigenvalue weighted by molar-refractivity contribution is 0.0971. The third-order valence-electron chi connectivity index (χ3n) is 6.16. The molecule has 1 saturated heterocycles. The summed E-state index contributed by atoms with van der Waals surface area (Å²) in [6.07, 6.45) is 2.54. The molecule has 2 heterocycles. The van der Waals surface area contributed by atoms with Crippen LogP contribution in [0.3, 0.4) is 0 Å². The molecule has 0 amide bonds. The van der Waals surface area contributed by atoms with Crippen LogP contribution in [0.15, 0.2) is 42.5 Å². The first-order valence-corrected chi connectivity index (χ1v) is 9.87. The summed E-state index contributed by atoms with van der Waals surface area (Å²) in [6, 6.07) is 13.3. The van der Waals surface area contributed by atoms with Crippen molar-refractivity contribution in [3.63, 3.8) is 0 Å². The number of halogens is 1. The van der Waals surface area contributed by atoms with Crippen molar-refractivity contribution in [2.45, 2.75) is 38.1 Å². The molecule has 0 spiro atoms. The summed E-state index contributed by atoms with van der Waals surface area (Å²) >= 11 is 0. The van der Waals surface area contributed by atoms with Gasteiger partial charge in [0.15, 0.2) is 5.78 Å². The molecule has 3 nitrogen and oxygen atoms in total. The normalized spacial score (nSPS) is 21.8. The van der Waals surface area contributed by atoms with Crippen molar-refractivity contribution >= 4 is 11.5 Å². The minimum atomic E-state index is -0.300. The Morgan fingerprint density at radius 3 is 2.74 bits per heavy atom. The van der Waals surface area contributed by atoms with Crippen LogP contribution < -0.4 is 4.90 Å². The van der Waals surface area contributed by atoms with E-state index in [1.807, 2.05) is 0 Å². The van der Waals surface area contributed by atoms with E-state index in [1.165, 1.54) is 35.4 Å². The summed E-state index contributed by atoms with van der Waals surface area (Å²) in [5.74, 6) is 0.365. The van der Waals surface area contributed by atoms with Crippen LogP contribution in [0.2, 0.25) is 0 Å². The molecular weight excluding hydrogens is 339 g/mol. The Kier molecular flexibility index (Phi) is 5.00. The molecule has 0 aliphatic carbocycles. The Hall–Kier alpha value is -2.20. The third kappa shape index (κ3) is 3.63. The molecular formula is C23H27FN2O. The molecule has 2 aromatic carbocycles. The lowest BCUT2D eigenvalue weighted by Crippen LogP contribution is -2.45. The summed E-state index contributed by atoms with van der Waals surface area (Å²) in [5, 5.41) is 0. The molecule has 27 heavy (non-hydrogen) atoms. The van der Waals surface area contributed by atoms with E-state index in [0.717, 1.165) is 26.1 Å². The van der Waals surface area contributed by atoms with Gasteiger partial charge in [0.25, 0.3) is 0 Å². The Morgan fingerprint density at radius 1 is 1.19 bits per heavy atom. The molecule has 2 aliphatic rings. The Balaban J connectivity index is 1.34. The number of Topliss-reactive ketones (excluding diaryl/α,β-unsaturated/α-hetero) is 1. The summed E-state index contributed by atoms with van der Waals surface area (Å²) in [4.78, 5) is 17.2. The van der Waals surface area contributed by atoms with Crippen LogP contribution in [-0.2, 0) is 0 Å². The number of likely N-dealkylation sites (tertiary alicyclic amines) is 1. The monoisotopic (exact) mass is 366 g/mol. The zero-order valence-electron chi connectivity index (χ0n) is 16.1. The van der Waals surface area contributed by atoms with Gasteiger partial charge in [-0.25, -0.2) is 4.39 Å². The van der Waals surface area contributed by atoms with Crippen molar-refractivity contribution in [3.8, 4) is 0 Å².